The fourth-order valence-corrected chi connectivity index (χ4v) is 0.813. The van der Waals surface area contributed by atoms with E-state index in [0.29, 0.717) is 6.32 Å². The predicted octanol–water partition coefficient (Wildman–Crippen LogP) is 0.134. The zero-order valence-electron chi connectivity index (χ0n) is 5.23. The minimum absolute atomic E-state index is 0.0602. The second kappa shape index (κ2) is 1.50. The summed E-state index contributed by atoms with van der Waals surface area (Å²) in [6.07, 6.45) is 0.590. The Morgan fingerprint density at radius 1 is 1.75 bits per heavy atom. The SMILES string of the molecule is CC1(C)BCC(=O)O1. The van der Waals surface area contributed by atoms with Crippen LogP contribution in [0, 0.1) is 0 Å². The molecular formula is C5H9BO2. The van der Waals surface area contributed by atoms with Gasteiger partial charge in [0.05, 0.1) is 5.50 Å². The molecule has 0 bridgehead atoms. The molecule has 1 aliphatic heterocycles. The third kappa shape index (κ3) is 1.03. The molecule has 0 aromatic heterocycles. The van der Waals surface area contributed by atoms with Crippen LogP contribution >= 0.6 is 0 Å². The molecule has 0 spiro atoms. The second-order valence-electron chi connectivity index (χ2n) is 2.73. The molecule has 1 heterocycles. The average Bonchev–Trinajstić information content (AvgIpc) is 1.82. The average molecular weight is 112 g/mol. The molecule has 0 radical (unpaired) electrons. The zero-order valence-corrected chi connectivity index (χ0v) is 5.23. The van der Waals surface area contributed by atoms with Gasteiger partial charge < -0.3 is 4.74 Å². The van der Waals surface area contributed by atoms with Gasteiger partial charge in [0, 0.05) is 6.32 Å². The van der Waals surface area contributed by atoms with Gasteiger partial charge in [0.25, 0.3) is 5.97 Å². The molecule has 0 amide bonds. The Labute approximate surface area is 49.5 Å². The number of carbonyl (C=O) groups is 1. The molecule has 0 N–H and O–H groups in total. The third-order valence-corrected chi connectivity index (χ3v) is 1.32. The lowest BCUT2D eigenvalue weighted by atomic mass is 9.62. The smallest absolute Gasteiger partial charge is 0.298 e. The Hall–Kier alpha value is -0.465. The van der Waals surface area contributed by atoms with E-state index in [9.17, 15) is 4.79 Å². The Morgan fingerprint density at radius 2 is 2.38 bits per heavy atom. The standard InChI is InChI=1S/C5H9BO2/c1-5(2)6-3-4(7)8-5/h6H,3H2,1-2H3. The monoisotopic (exact) mass is 112 g/mol. The van der Waals surface area contributed by atoms with Gasteiger partial charge in [0.2, 0.25) is 0 Å². The molecule has 1 aliphatic rings. The highest BCUT2D eigenvalue weighted by Gasteiger charge is 2.31. The molecule has 0 atom stereocenters. The summed E-state index contributed by atoms with van der Waals surface area (Å²) in [7, 11) is 0.867. The highest BCUT2D eigenvalue weighted by molar-refractivity contribution is 6.47. The van der Waals surface area contributed by atoms with E-state index in [1.807, 2.05) is 13.8 Å². The molecule has 0 saturated carbocycles. The summed E-state index contributed by atoms with van der Waals surface area (Å²) in [6, 6.07) is 0. The highest BCUT2D eigenvalue weighted by Crippen LogP contribution is 2.17. The van der Waals surface area contributed by atoms with Crippen molar-refractivity contribution in [2.24, 2.45) is 0 Å². The molecular weight excluding hydrogens is 103 g/mol. The minimum Gasteiger partial charge on any atom is -0.470 e. The molecule has 0 aromatic carbocycles. The topological polar surface area (TPSA) is 26.3 Å². The fourth-order valence-electron chi connectivity index (χ4n) is 0.813. The lowest BCUT2D eigenvalue weighted by molar-refractivity contribution is -0.144. The van der Waals surface area contributed by atoms with Crippen LogP contribution in [0.5, 0.6) is 0 Å². The van der Waals surface area contributed by atoms with Gasteiger partial charge in [-0.2, -0.15) is 0 Å². The zero-order chi connectivity index (χ0) is 6.20. The first-order valence-electron chi connectivity index (χ1n) is 2.82. The number of ether oxygens (including phenoxy) is 1. The van der Waals surface area contributed by atoms with Crippen molar-refractivity contribution in [3.63, 3.8) is 0 Å². The van der Waals surface area contributed by atoms with Gasteiger partial charge in [-0.3, -0.25) is 4.79 Å². The van der Waals surface area contributed by atoms with E-state index >= 15 is 0 Å². The number of esters is 1. The molecule has 2 nitrogen and oxygen atoms in total. The normalized spacial score (nSPS) is 24.5. The molecule has 3 heteroatoms. The van der Waals surface area contributed by atoms with Gasteiger partial charge in [-0.1, -0.05) is 0 Å². The van der Waals surface area contributed by atoms with Crippen LogP contribution in [-0.4, -0.2) is 18.7 Å². The van der Waals surface area contributed by atoms with Crippen molar-refractivity contribution in [2.45, 2.75) is 25.7 Å². The van der Waals surface area contributed by atoms with Crippen molar-refractivity contribution < 1.29 is 9.53 Å². The number of cyclic esters (lactones) is 1. The molecule has 1 rings (SSSR count). The largest absolute Gasteiger partial charge is 0.470 e. The Morgan fingerprint density at radius 3 is 2.50 bits per heavy atom. The van der Waals surface area contributed by atoms with Crippen LogP contribution in [0.25, 0.3) is 0 Å². The number of hydrogen-bond donors (Lipinski definition) is 0. The van der Waals surface area contributed by atoms with Gasteiger partial charge in [0.1, 0.15) is 0 Å². The lowest BCUT2D eigenvalue weighted by Gasteiger charge is -2.14. The summed E-state index contributed by atoms with van der Waals surface area (Å²) in [4.78, 5) is 10.4. The van der Waals surface area contributed by atoms with E-state index in [4.69, 9.17) is 4.74 Å². The van der Waals surface area contributed by atoms with E-state index in [0.717, 1.165) is 7.28 Å². The van der Waals surface area contributed by atoms with Crippen LogP contribution in [0.2, 0.25) is 6.32 Å². The van der Waals surface area contributed by atoms with Crippen molar-refractivity contribution in [3.8, 4) is 0 Å². The van der Waals surface area contributed by atoms with Crippen LogP contribution in [0.3, 0.4) is 0 Å². The Kier molecular flexibility index (Phi) is 1.07. The molecule has 1 saturated heterocycles. The Bertz CT molecular complexity index is 120. The summed E-state index contributed by atoms with van der Waals surface area (Å²) in [6.45, 7) is 3.86. The van der Waals surface area contributed by atoms with E-state index < -0.39 is 0 Å². The van der Waals surface area contributed by atoms with Gasteiger partial charge in [-0.15, -0.1) is 0 Å². The van der Waals surface area contributed by atoms with Gasteiger partial charge in [-0.25, -0.2) is 0 Å². The van der Waals surface area contributed by atoms with Crippen molar-refractivity contribution in [1.29, 1.82) is 0 Å². The van der Waals surface area contributed by atoms with Crippen LogP contribution in [0.4, 0.5) is 0 Å². The van der Waals surface area contributed by atoms with E-state index in [1.165, 1.54) is 0 Å². The maximum atomic E-state index is 10.4. The van der Waals surface area contributed by atoms with Crippen LogP contribution in [0.1, 0.15) is 13.8 Å². The first-order valence-corrected chi connectivity index (χ1v) is 2.82. The summed E-state index contributed by atoms with van der Waals surface area (Å²) >= 11 is 0. The summed E-state index contributed by atoms with van der Waals surface area (Å²) < 4.78 is 4.91. The number of carbonyl (C=O) groups excluding carboxylic acids is 1. The third-order valence-electron chi connectivity index (χ3n) is 1.32. The van der Waals surface area contributed by atoms with Crippen molar-refractivity contribution in [3.05, 3.63) is 0 Å². The van der Waals surface area contributed by atoms with Crippen molar-refractivity contribution in [2.75, 3.05) is 0 Å². The van der Waals surface area contributed by atoms with Crippen LogP contribution < -0.4 is 0 Å². The molecule has 0 aliphatic carbocycles. The van der Waals surface area contributed by atoms with Gasteiger partial charge in [0.15, 0.2) is 7.28 Å². The lowest BCUT2D eigenvalue weighted by Crippen LogP contribution is -2.24. The number of hydrogen-bond acceptors (Lipinski definition) is 2. The van der Waals surface area contributed by atoms with Gasteiger partial charge in [-0.05, 0) is 13.8 Å². The summed E-state index contributed by atoms with van der Waals surface area (Å²) in [5.74, 6) is -0.0602. The first-order chi connectivity index (χ1) is 3.60. The quantitative estimate of drug-likeness (QED) is 0.329. The van der Waals surface area contributed by atoms with Crippen molar-refractivity contribution in [1.82, 2.24) is 0 Å². The van der Waals surface area contributed by atoms with E-state index in [1.54, 1.807) is 0 Å². The minimum atomic E-state index is -0.183. The molecule has 0 aromatic rings. The molecule has 1 fully saturated rings. The van der Waals surface area contributed by atoms with E-state index in [-0.39, 0.29) is 11.5 Å². The van der Waals surface area contributed by atoms with E-state index in [2.05, 4.69) is 0 Å². The Balaban J connectivity index is 2.56. The van der Waals surface area contributed by atoms with Crippen LogP contribution in [0.15, 0.2) is 0 Å². The second-order valence-corrected chi connectivity index (χ2v) is 2.73. The van der Waals surface area contributed by atoms with Crippen LogP contribution in [-0.2, 0) is 9.53 Å². The van der Waals surface area contributed by atoms with Gasteiger partial charge >= 0.3 is 0 Å². The first kappa shape index (κ1) is 5.67. The maximum absolute atomic E-state index is 10.4. The summed E-state index contributed by atoms with van der Waals surface area (Å²) in [5.41, 5.74) is -0.183. The molecule has 0 unspecified atom stereocenters. The molecule has 8 heavy (non-hydrogen) atoms. The predicted molar refractivity (Wildman–Crippen MR) is 32.1 cm³/mol. The maximum Gasteiger partial charge on any atom is 0.298 e. The highest BCUT2D eigenvalue weighted by atomic mass is 16.6. The number of rotatable bonds is 0. The molecule has 44 valence electrons. The fraction of sp³-hybridized carbons (Fsp3) is 0.800. The van der Waals surface area contributed by atoms with Crippen molar-refractivity contribution >= 4 is 13.2 Å². The summed E-state index contributed by atoms with van der Waals surface area (Å²) in [5, 5.41) is 0.